The van der Waals surface area contributed by atoms with Crippen LogP contribution < -0.4 is 10.6 Å². The molecule has 1 aromatic rings. The quantitative estimate of drug-likeness (QED) is 0.861. The van der Waals surface area contributed by atoms with E-state index in [2.05, 4.69) is 22.5 Å². The number of benzene rings is 1. The minimum atomic E-state index is -3.35. The van der Waals surface area contributed by atoms with E-state index in [1.807, 2.05) is 6.07 Å². The van der Waals surface area contributed by atoms with Gasteiger partial charge in [0.15, 0.2) is 5.96 Å². The molecule has 0 saturated carbocycles. The van der Waals surface area contributed by atoms with Crippen LogP contribution in [0.4, 0.5) is 0 Å². The van der Waals surface area contributed by atoms with Crippen LogP contribution in [0.25, 0.3) is 0 Å². The summed E-state index contributed by atoms with van der Waals surface area (Å²) in [5.74, 6) is 1.36. The van der Waals surface area contributed by atoms with Gasteiger partial charge in [0.25, 0.3) is 0 Å². The van der Waals surface area contributed by atoms with Gasteiger partial charge in [0, 0.05) is 25.7 Å². The van der Waals surface area contributed by atoms with Crippen LogP contribution in [-0.4, -0.2) is 50.9 Å². The molecule has 2 heterocycles. The molecule has 2 aliphatic heterocycles. The predicted molar refractivity (Wildman–Crippen MR) is 90.8 cm³/mol. The van der Waals surface area contributed by atoms with Crippen LogP contribution in [0.15, 0.2) is 40.2 Å². The smallest absolute Gasteiger partial charge is 0.243 e. The highest BCUT2D eigenvalue weighted by molar-refractivity contribution is 7.89. The van der Waals surface area contributed by atoms with E-state index >= 15 is 0 Å². The highest BCUT2D eigenvalue weighted by Crippen LogP contribution is 2.23. The molecular formula is C16H24N4O2S. The molecular weight excluding hydrogens is 312 g/mol. The van der Waals surface area contributed by atoms with Gasteiger partial charge in [0.1, 0.15) is 0 Å². The molecule has 126 valence electrons. The van der Waals surface area contributed by atoms with Crippen LogP contribution in [0.1, 0.15) is 19.8 Å². The molecule has 0 bridgehead atoms. The number of hydrogen-bond donors (Lipinski definition) is 2. The number of rotatable bonds is 4. The van der Waals surface area contributed by atoms with E-state index in [0.29, 0.717) is 29.9 Å². The van der Waals surface area contributed by atoms with E-state index in [1.54, 1.807) is 28.6 Å². The summed E-state index contributed by atoms with van der Waals surface area (Å²) in [5, 5.41) is 6.62. The zero-order chi connectivity index (χ0) is 16.3. The van der Waals surface area contributed by atoms with E-state index in [-0.39, 0.29) is 0 Å². The van der Waals surface area contributed by atoms with Crippen molar-refractivity contribution in [3.63, 3.8) is 0 Å². The number of nitrogens with one attached hydrogen (secondary N) is 2. The Morgan fingerprint density at radius 3 is 2.57 bits per heavy atom. The predicted octanol–water partition coefficient (Wildman–Crippen LogP) is 1.02. The van der Waals surface area contributed by atoms with Gasteiger partial charge in [0.2, 0.25) is 10.0 Å². The Labute approximate surface area is 138 Å². The second-order valence-corrected chi connectivity index (χ2v) is 8.21. The lowest BCUT2D eigenvalue weighted by atomic mass is 9.98. The van der Waals surface area contributed by atoms with Gasteiger partial charge in [-0.2, -0.15) is 4.31 Å². The highest BCUT2D eigenvalue weighted by atomic mass is 32.2. The Hall–Kier alpha value is -1.60. The van der Waals surface area contributed by atoms with Gasteiger partial charge in [-0.3, -0.25) is 4.99 Å². The first kappa shape index (κ1) is 16.3. The minimum Gasteiger partial charge on any atom is -0.356 e. The number of sulfonamides is 1. The molecule has 23 heavy (non-hydrogen) atoms. The van der Waals surface area contributed by atoms with Gasteiger partial charge in [0.05, 0.1) is 11.4 Å². The lowest BCUT2D eigenvalue weighted by Crippen LogP contribution is -2.44. The molecule has 2 aliphatic rings. The third-order valence-corrected chi connectivity index (χ3v) is 6.33. The van der Waals surface area contributed by atoms with Gasteiger partial charge in [-0.05, 0) is 37.8 Å². The highest BCUT2D eigenvalue weighted by Gasteiger charge is 2.29. The first-order valence-electron chi connectivity index (χ1n) is 8.16. The maximum Gasteiger partial charge on any atom is 0.243 e. The van der Waals surface area contributed by atoms with E-state index in [9.17, 15) is 8.42 Å². The summed E-state index contributed by atoms with van der Waals surface area (Å²) in [7, 11) is -3.35. The second kappa shape index (κ2) is 6.88. The fraction of sp³-hybridized carbons (Fsp3) is 0.562. The summed E-state index contributed by atoms with van der Waals surface area (Å²) in [5.41, 5.74) is 0. The summed E-state index contributed by atoms with van der Waals surface area (Å²) in [6.07, 6.45) is 1.75. The molecule has 3 rings (SSSR count). The van der Waals surface area contributed by atoms with Crippen LogP contribution >= 0.6 is 0 Å². The van der Waals surface area contributed by atoms with Crippen molar-refractivity contribution in [1.82, 2.24) is 14.9 Å². The summed E-state index contributed by atoms with van der Waals surface area (Å²) >= 11 is 0. The van der Waals surface area contributed by atoms with Crippen LogP contribution in [0.5, 0.6) is 0 Å². The Kier molecular flexibility index (Phi) is 4.87. The van der Waals surface area contributed by atoms with Gasteiger partial charge >= 0.3 is 0 Å². The minimum absolute atomic E-state index is 0.384. The normalized spacial score (nSPS) is 23.3. The maximum atomic E-state index is 12.6. The van der Waals surface area contributed by atoms with E-state index < -0.39 is 10.0 Å². The van der Waals surface area contributed by atoms with Gasteiger partial charge in [-0.15, -0.1) is 0 Å². The van der Waals surface area contributed by atoms with E-state index in [4.69, 9.17) is 0 Å². The fourth-order valence-electron chi connectivity index (χ4n) is 3.00. The average Bonchev–Trinajstić information content (AvgIpc) is 3.00. The molecule has 0 amide bonds. The Morgan fingerprint density at radius 1 is 1.26 bits per heavy atom. The summed E-state index contributed by atoms with van der Waals surface area (Å²) in [6.45, 7) is 4.93. The largest absolute Gasteiger partial charge is 0.356 e. The van der Waals surface area contributed by atoms with Crippen molar-refractivity contribution in [2.45, 2.75) is 30.7 Å². The van der Waals surface area contributed by atoms with Crippen molar-refractivity contribution in [3.8, 4) is 0 Å². The first-order valence-corrected chi connectivity index (χ1v) is 9.60. The zero-order valence-corrected chi connectivity index (χ0v) is 14.2. The fourth-order valence-corrected chi connectivity index (χ4v) is 4.49. The maximum absolute atomic E-state index is 12.6. The average molecular weight is 336 g/mol. The van der Waals surface area contributed by atoms with Crippen molar-refractivity contribution in [2.24, 2.45) is 10.9 Å². The number of hydrogen-bond acceptors (Lipinski definition) is 5. The lowest BCUT2D eigenvalue weighted by molar-refractivity contribution is 0.273. The Morgan fingerprint density at radius 2 is 1.96 bits per heavy atom. The molecule has 0 aliphatic carbocycles. The molecule has 0 spiro atoms. The Balaban J connectivity index is 1.50. The molecule has 1 saturated heterocycles. The van der Waals surface area contributed by atoms with Gasteiger partial charge < -0.3 is 10.6 Å². The molecule has 7 heteroatoms. The van der Waals surface area contributed by atoms with Crippen molar-refractivity contribution in [1.29, 1.82) is 0 Å². The molecule has 2 N–H and O–H groups in total. The van der Waals surface area contributed by atoms with E-state index in [1.165, 1.54) is 0 Å². The molecule has 6 nitrogen and oxygen atoms in total. The summed E-state index contributed by atoms with van der Waals surface area (Å²) < 4.78 is 26.8. The van der Waals surface area contributed by atoms with Crippen LogP contribution in [-0.2, 0) is 10.0 Å². The number of aliphatic imine (C=N–C) groups is 1. The zero-order valence-electron chi connectivity index (χ0n) is 13.4. The van der Waals surface area contributed by atoms with Crippen LogP contribution in [0, 0.1) is 5.92 Å². The number of nitrogens with zero attached hydrogens (tertiary/aromatic N) is 2. The first-order chi connectivity index (χ1) is 11.1. The molecule has 0 aromatic heterocycles. The van der Waals surface area contributed by atoms with Gasteiger partial charge in [-0.25, -0.2) is 8.42 Å². The topological polar surface area (TPSA) is 73.8 Å². The van der Waals surface area contributed by atoms with Crippen molar-refractivity contribution in [2.75, 3.05) is 26.2 Å². The monoisotopic (exact) mass is 336 g/mol. The Bertz CT molecular complexity index is 652. The lowest BCUT2D eigenvalue weighted by Gasteiger charge is -2.31. The SMILES string of the molecule is CC1CN=C(NCC2CCN(S(=O)(=O)c3ccccc3)CC2)N1. The van der Waals surface area contributed by atoms with Crippen molar-refractivity contribution in [3.05, 3.63) is 30.3 Å². The van der Waals surface area contributed by atoms with Crippen molar-refractivity contribution >= 4 is 16.0 Å². The third kappa shape index (κ3) is 3.84. The number of guanidine groups is 1. The molecule has 1 aromatic carbocycles. The molecule has 1 fully saturated rings. The standard InChI is InChI=1S/C16H24N4O2S/c1-13-11-17-16(19-13)18-12-14-7-9-20(10-8-14)23(21,22)15-5-3-2-4-6-15/h2-6,13-14H,7-12H2,1H3,(H2,17,18,19). The molecule has 0 radical (unpaired) electrons. The van der Waals surface area contributed by atoms with E-state index in [0.717, 1.165) is 31.9 Å². The third-order valence-electron chi connectivity index (χ3n) is 4.42. The second-order valence-electron chi connectivity index (χ2n) is 6.28. The van der Waals surface area contributed by atoms with Gasteiger partial charge in [-0.1, -0.05) is 18.2 Å². The molecule has 1 atom stereocenters. The van der Waals surface area contributed by atoms with Crippen molar-refractivity contribution < 1.29 is 8.42 Å². The van der Waals surface area contributed by atoms with Crippen LogP contribution in [0.2, 0.25) is 0 Å². The van der Waals surface area contributed by atoms with Crippen LogP contribution in [0.3, 0.4) is 0 Å². The number of piperidine rings is 1. The molecule has 1 unspecified atom stereocenters. The summed E-state index contributed by atoms with van der Waals surface area (Å²) in [6, 6.07) is 9.08. The summed E-state index contributed by atoms with van der Waals surface area (Å²) in [4.78, 5) is 4.77.